The third-order valence-electron chi connectivity index (χ3n) is 3.65. The van der Waals surface area contributed by atoms with Crippen molar-refractivity contribution in [3.05, 3.63) is 70.1 Å². The third kappa shape index (κ3) is 3.61. The summed E-state index contributed by atoms with van der Waals surface area (Å²) in [6.45, 7) is 0. The predicted octanol–water partition coefficient (Wildman–Crippen LogP) is 4.01. The molecule has 0 aliphatic heterocycles. The lowest BCUT2D eigenvalue weighted by Gasteiger charge is -2.17. The molecule has 0 aliphatic rings. The minimum absolute atomic E-state index is 0.229. The van der Waals surface area contributed by atoms with Gasteiger partial charge in [0.25, 0.3) is 0 Å². The van der Waals surface area contributed by atoms with Crippen molar-refractivity contribution >= 4 is 46.0 Å². The zero-order valence-electron chi connectivity index (χ0n) is 13.5. The Labute approximate surface area is 158 Å². The summed E-state index contributed by atoms with van der Waals surface area (Å²) < 4.78 is 10.2. The number of carbonyl (C=O) groups is 2. The molecular weight excluding hydrogens is 379 g/mol. The topological polar surface area (TPSA) is 78.4 Å². The van der Waals surface area contributed by atoms with Crippen molar-refractivity contribution in [2.75, 3.05) is 7.11 Å². The molecule has 0 spiro atoms. The summed E-state index contributed by atoms with van der Waals surface area (Å²) in [7, 11) is 1.20. The highest BCUT2D eigenvalue weighted by Crippen LogP contribution is 2.29. The summed E-state index contributed by atoms with van der Waals surface area (Å²) in [6.07, 6.45) is 3.26. The summed E-state index contributed by atoms with van der Waals surface area (Å²) in [5.41, 5.74) is 1.16. The molecule has 0 saturated carbocycles. The van der Waals surface area contributed by atoms with E-state index < -0.39 is 18.0 Å². The standard InChI is InChI=1S/C18H12Cl2N2O4/c1-25-18(24)16(10-2-3-13(19)14(20)8-10)26-17(23)11-4-7-22-15-5-6-21-9-12(11)15/h2-9,16H,1H3. The average Bonchev–Trinajstić information content (AvgIpc) is 2.67. The van der Waals surface area contributed by atoms with E-state index in [-0.39, 0.29) is 10.6 Å². The molecule has 2 aromatic heterocycles. The van der Waals surface area contributed by atoms with E-state index in [1.54, 1.807) is 12.3 Å². The molecule has 6 nitrogen and oxygen atoms in total. The van der Waals surface area contributed by atoms with Gasteiger partial charge in [0.15, 0.2) is 0 Å². The summed E-state index contributed by atoms with van der Waals surface area (Å²) in [5.74, 6) is -1.46. The van der Waals surface area contributed by atoms with E-state index in [0.717, 1.165) is 0 Å². The van der Waals surface area contributed by atoms with Gasteiger partial charge in [0.05, 0.1) is 28.2 Å². The van der Waals surface area contributed by atoms with Gasteiger partial charge in [0.2, 0.25) is 6.10 Å². The molecule has 3 rings (SSSR count). The number of hydrogen-bond donors (Lipinski definition) is 0. The molecule has 0 saturated heterocycles. The number of benzene rings is 1. The first-order chi connectivity index (χ1) is 12.5. The van der Waals surface area contributed by atoms with Crippen LogP contribution in [-0.2, 0) is 14.3 Å². The Kier molecular flexibility index (Phi) is 5.35. The van der Waals surface area contributed by atoms with E-state index in [1.165, 1.54) is 43.8 Å². The Balaban J connectivity index is 1.97. The summed E-state index contributed by atoms with van der Waals surface area (Å²) >= 11 is 11.9. The van der Waals surface area contributed by atoms with Crippen molar-refractivity contribution < 1.29 is 19.1 Å². The second-order valence-corrected chi connectivity index (χ2v) is 6.05. The highest BCUT2D eigenvalue weighted by atomic mass is 35.5. The SMILES string of the molecule is COC(=O)C(OC(=O)c1ccnc2ccncc12)c1ccc(Cl)c(Cl)c1. The largest absolute Gasteiger partial charge is 0.466 e. The van der Waals surface area contributed by atoms with Gasteiger partial charge < -0.3 is 9.47 Å². The number of fused-ring (bicyclic) bond motifs is 1. The van der Waals surface area contributed by atoms with Crippen LogP contribution >= 0.6 is 23.2 Å². The first-order valence-corrected chi connectivity index (χ1v) is 8.19. The highest BCUT2D eigenvalue weighted by Gasteiger charge is 2.28. The van der Waals surface area contributed by atoms with Crippen molar-refractivity contribution in [1.82, 2.24) is 9.97 Å². The van der Waals surface area contributed by atoms with Gasteiger partial charge in [-0.25, -0.2) is 9.59 Å². The average molecular weight is 391 g/mol. The Hall–Kier alpha value is -2.70. The molecular formula is C18H12Cl2N2O4. The molecule has 2 heterocycles. The van der Waals surface area contributed by atoms with Gasteiger partial charge in [-0.15, -0.1) is 0 Å². The van der Waals surface area contributed by atoms with E-state index in [2.05, 4.69) is 9.97 Å². The van der Waals surface area contributed by atoms with Crippen LogP contribution in [0.15, 0.2) is 48.9 Å². The fraction of sp³-hybridized carbons (Fsp3) is 0.111. The van der Waals surface area contributed by atoms with Crippen LogP contribution < -0.4 is 0 Å². The molecule has 0 N–H and O–H groups in total. The van der Waals surface area contributed by atoms with Crippen LogP contribution in [0, 0.1) is 0 Å². The maximum atomic E-state index is 12.7. The lowest BCUT2D eigenvalue weighted by molar-refractivity contribution is -0.151. The van der Waals surface area contributed by atoms with E-state index in [0.29, 0.717) is 21.5 Å². The van der Waals surface area contributed by atoms with E-state index >= 15 is 0 Å². The Morgan fingerprint density at radius 1 is 1.08 bits per heavy atom. The maximum absolute atomic E-state index is 12.7. The molecule has 0 bridgehead atoms. The van der Waals surface area contributed by atoms with E-state index in [1.807, 2.05) is 0 Å². The Bertz CT molecular complexity index is 989. The van der Waals surface area contributed by atoms with E-state index in [9.17, 15) is 9.59 Å². The number of carbonyl (C=O) groups excluding carboxylic acids is 2. The number of ether oxygens (including phenoxy) is 2. The minimum Gasteiger partial charge on any atom is -0.466 e. The molecule has 1 atom stereocenters. The summed E-state index contributed by atoms with van der Waals surface area (Å²) in [6, 6.07) is 7.66. The minimum atomic E-state index is -1.29. The summed E-state index contributed by atoms with van der Waals surface area (Å²) in [5, 5.41) is 1.06. The zero-order valence-corrected chi connectivity index (χ0v) is 15.0. The lowest BCUT2D eigenvalue weighted by atomic mass is 10.1. The van der Waals surface area contributed by atoms with Crippen molar-refractivity contribution in [3.63, 3.8) is 0 Å². The summed E-state index contributed by atoms with van der Waals surface area (Å²) in [4.78, 5) is 33.0. The molecule has 1 aromatic carbocycles. The molecule has 1 unspecified atom stereocenters. The highest BCUT2D eigenvalue weighted by molar-refractivity contribution is 6.42. The molecule has 0 aliphatic carbocycles. The van der Waals surface area contributed by atoms with Crippen LogP contribution in [-0.4, -0.2) is 29.0 Å². The Morgan fingerprint density at radius 3 is 2.62 bits per heavy atom. The number of pyridine rings is 2. The fourth-order valence-corrected chi connectivity index (χ4v) is 2.68. The molecule has 26 heavy (non-hydrogen) atoms. The molecule has 0 radical (unpaired) electrons. The van der Waals surface area contributed by atoms with Crippen LogP contribution in [0.25, 0.3) is 10.9 Å². The van der Waals surface area contributed by atoms with Gasteiger partial charge in [0, 0.05) is 29.5 Å². The van der Waals surface area contributed by atoms with E-state index in [4.69, 9.17) is 32.7 Å². The van der Waals surface area contributed by atoms with Crippen LogP contribution in [0.3, 0.4) is 0 Å². The van der Waals surface area contributed by atoms with Crippen molar-refractivity contribution in [1.29, 1.82) is 0 Å². The van der Waals surface area contributed by atoms with Crippen molar-refractivity contribution in [3.8, 4) is 0 Å². The quantitative estimate of drug-likeness (QED) is 0.626. The first kappa shape index (κ1) is 18.1. The van der Waals surface area contributed by atoms with Crippen LogP contribution in [0.2, 0.25) is 10.0 Å². The molecule has 132 valence electrons. The molecule has 3 aromatic rings. The number of hydrogen-bond acceptors (Lipinski definition) is 6. The van der Waals surface area contributed by atoms with Gasteiger partial charge >= 0.3 is 11.9 Å². The van der Waals surface area contributed by atoms with Crippen LogP contribution in [0.5, 0.6) is 0 Å². The number of esters is 2. The third-order valence-corrected chi connectivity index (χ3v) is 4.39. The van der Waals surface area contributed by atoms with Gasteiger partial charge in [-0.05, 0) is 24.3 Å². The number of halogens is 2. The van der Waals surface area contributed by atoms with Gasteiger partial charge in [-0.3, -0.25) is 9.97 Å². The van der Waals surface area contributed by atoms with Crippen molar-refractivity contribution in [2.45, 2.75) is 6.10 Å². The fourth-order valence-electron chi connectivity index (χ4n) is 2.37. The van der Waals surface area contributed by atoms with Crippen molar-refractivity contribution in [2.24, 2.45) is 0 Å². The second kappa shape index (κ2) is 7.68. The number of nitrogens with zero attached hydrogens (tertiary/aromatic N) is 2. The number of aromatic nitrogens is 2. The number of rotatable bonds is 4. The molecule has 0 fully saturated rings. The van der Waals surface area contributed by atoms with Gasteiger partial charge in [0.1, 0.15) is 0 Å². The monoisotopic (exact) mass is 390 g/mol. The predicted molar refractivity (Wildman–Crippen MR) is 96.2 cm³/mol. The number of methoxy groups -OCH3 is 1. The van der Waals surface area contributed by atoms with Crippen LogP contribution in [0.4, 0.5) is 0 Å². The molecule has 0 amide bonds. The van der Waals surface area contributed by atoms with Crippen LogP contribution in [0.1, 0.15) is 22.0 Å². The van der Waals surface area contributed by atoms with Gasteiger partial charge in [-0.2, -0.15) is 0 Å². The first-order valence-electron chi connectivity index (χ1n) is 7.43. The smallest absolute Gasteiger partial charge is 0.351 e. The maximum Gasteiger partial charge on any atom is 0.351 e. The zero-order chi connectivity index (χ0) is 18.7. The Morgan fingerprint density at radius 2 is 1.88 bits per heavy atom. The molecule has 8 heteroatoms. The lowest BCUT2D eigenvalue weighted by Crippen LogP contribution is -2.21. The normalized spacial score (nSPS) is 11.8. The van der Waals surface area contributed by atoms with Gasteiger partial charge in [-0.1, -0.05) is 29.3 Å². The second-order valence-electron chi connectivity index (χ2n) is 5.23.